The van der Waals surface area contributed by atoms with Crippen molar-refractivity contribution in [3.8, 4) is 39.8 Å². The van der Waals surface area contributed by atoms with Gasteiger partial charge < -0.3 is 37.0 Å². The van der Waals surface area contributed by atoms with E-state index in [0.717, 1.165) is 78.4 Å². The van der Waals surface area contributed by atoms with Crippen LogP contribution >= 0.6 is 0 Å². The van der Waals surface area contributed by atoms with Crippen molar-refractivity contribution < 1.29 is 0 Å². The standard InChI is InChI=1S/C96H58N8/c1-10-28-81-65(19-1)74-51-58(37-44-82(74)97-81)99-85-31-13-4-22-68(85)76-53-60(39-46-91(76)99)101-87-33-15-6-24-70(87)78-55-62(41-48-93(78)101)103-89-35-17-8-26-72(89)80-57-64(43-50-95(80)103)104-90-36-18-9-27-73(90)79-56-63(42-49-96(79)104)102-88-34-16-7-25-71(88)77-54-61(40-47-94(77)102)100-86-32-14-5-23-69(86)75-52-59(38-45-92(75)100)98-83-29-11-2-20-66(83)67-21-3-12-30-84(67)98/h1-57,97H. The molecule has 8 heterocycles. The van der Waals surface area contributed by atoms with Gasteiger partial charge in [-0.15, -0.1) is 0 Å². The second-order valence-corrected chi connectivity index (χ2v) is 28.1. The molecule has 24 aromatic rings. The zero-order chi connectivity index (χ0) is 67.6. The molecule has 0 aliphatic carbocycles. The summed E-state index contributed by atoms with van der Waals surface area (Å²) in [6, 6.07) is 129. The van der Waals surface area contributed by atoms with Gasteiger partial charge in [-0.3, -0.25) is 0 Å². The van der Waals surface area contributed by atoms with Crippen molar-refractivity contribution in [1.29, 1.82) is 0 Å². The second kappa shape index (κ2) is 20.8. The molecule has 24 rings (SSSR count). The van der Waals surface area contributed by atoms with Crippen molar-refractivity contribution in [3.05, 3.63) is 346 Å². The number of rotatable bonds is 7. The Morgan fingerprint density at radius 2 is 0.288 bits per heavy atom. The lowest BCUT2D eigenvalue weighted by atomic mass is 10.1. The highest BCUT2D eigenvalue weighted by atomic mass is 15.0. The zero-order valence-electron chi connectivity index (χ0n) is 56.0. The fraction of sp³-hybridized carbons (Fsp3) is 0. The number of aromatic nitrogens is 8. The van der Waals surface area contributed by atoms with Crippen LogP contribution in [0.5, 0.6) is 0 Å². The molecule has 8 heteroatoms. The van der Waals surface area contributed by atoms with Crippen molar-refractivity contribution in [2.45, 2.75) is 0 Å². The van der Waals surface area contributed by atoms with Crippen LogP contribution in [-0.4, -0.2) is 37.0 Å². The van der Waals surface area contributed by atoms with Crippen molar-refractivity contribution in [2.24, 2.45) is 0 Å². The van der Waals surface area contributed by atoms with Crippen LogP contribution in [0.4, 0.5) is 0 Å². The molecule has 8 nitrogen and oxygen atoms in total. The monoisotopic (exact) mass is 1320 g/mol. The summed E-state index contributed by atoms with van der Waals surface area (Å²) in [5, 5.41) is 19.5. The minimum atomic E-state index is 1.12. The van der Waals surface area contributed by atoms with Gasteiger partial charge in [0.25, 0.3) is 0 Å². The Balaban J connectivity index is 0.612. The minimum absolute atomic E-state index is 1.12. The highest BCUT2D eigenvalue weighted by Gasteiger charge is 2.24. The Kier molecular flexibility index (Phi) is 11.1. The molecule has 0 unspecified atom stereocenters. The van der Waals surface area contributed by atoms with Gasteiger partial charge in [0.05, 0.1) is 77.2 Å². The van der Waals surface area contributed by atoms with Gasteiger partial charge in [0.15, 0.2) is 0 Å². The third kappa shape index (κ3) is 7.59. The maximum atomic E-state index is 3.63. The number of fused-ring (bicyclic) bond motifs is 24. The third-order valence-corrected chi connectivity index (χ3v) is 22.8. The van der Waals surface area contributed by atoms with Crippen molar-refractivity contribution >= 4 is 174 Å². The quantitative estimate of drug-likeness (QED) is 0.165. The molecule has 0 atom stereocenters. The number of nitrogens with one attached hydrogen (secondary N) is 1. The summed E-state index contributed by atoms with van der Waals surface area (Å²) >= 11 is 0. The molecule has 0 aliphatic heterocycles. The van der Waals surface area contributed by atoms with E-state index in [2.05, 4.69) is 383 Å². The maximum absolute atomic E-state index is 3.63. The van der Waals surface area contributed by atoms with Crippen LogP contribution in [-0.2, 0) is 0 Å². The molecule has 8 aromatic heterocycles. The molecule has 16 aromatic carbocycles. The first-order chi connectivity index (χ1) is 51.6. The average Bonchev–Trinajstić information content (AvgIpc) is 1.55. The number of H-pyrrole nitrogens is 1. The fourth-order valence-corrected chi connectivity index (χ4v) is 18.4. The summed E-state index contributed by atoms with van der Waals surface area (Å²) in [5.74, 6) is 0. The van der Waals surface area contributed by atoms with Gasteiger partial charge in [-0.2, -0.15) is 0 Å². The first-order valence-electron chi connectivity index (χ1n) is 35.8. The molecule has 0 saturated heterocycles. The number of nitrogens with zero attached hydrogens (tertiary/aromatic N) is 7. The predicted molar refractivity (Wildman–Crippen MR) is 436 cm³/mol. The Morgan fingerprint density at radius 3 is 0.529 bits per heavy atom. The van der Waals surface area contributed by atoms with Gasteiger partial charge in [0, 0.05) is 137 Å². The molecular weight excluding hydrogens is 1270 g/mol. The molecular formula is C96H58N8. The summed E-state index contributed by atoms with van der Waals surface area (Å²) < 4.78 is 17.2. The summed E-state index contributed by atoms with van der Waals surface area (Å²) in [4.78, 5) is 3.63. The van der Waals surface area contributed by atoms with Crippen LogP contribution < -0.4 is 0 Å². The largest absolute Gasteiger partial charge is 0.355 e. The van der Waals surface area contributed by atoms with E-state index in [1.807, 2.05) is 0 Å². The molecule has 1 N–H and O–H groups in total. The molecule has 482 valence electrons. The van der Waals surface area contributed by atoms with E-state index in [4.69, 9.17) is 0 Å². The van der Waals surface area contributed by atoms with Gasteiger partial charge >= 0.3 is 0 Å². The topological polar surface area (TPSA) is 50.3 Å². The molecule has 0 aliphatic rings. The van der Waals surface area contributed by atoms with Gasteiger partial charge in [0.1, 0.15) is 0 Å². The van der Waals surface area contributed by atoms with Crippen LogP contribution in [0.15, 0.2) is 346 Å². The maximum Gasteiger partial charge on any atom is 0.0542 e. The third-order valence-electron chi connectivity index (χ3n) is 22.8. The highest BCUT2D eigenvalue weighted by molar-refractivity contribution is 6.19. The van der Waals surface area contributed by atoms with E-state index in [9.17, 15) is 0 Å². The Labute approximate surface area is 593 Å². The summed E-state index contributed by atoms with van der Waals surface area (Å²) in [7, 11) is 0. The normalized spacial score (nSPS) is 12.4. The van der Waals surface area contributed by atoms with Crippen molar-refractivity contribution in [2.75, 3.05) is 0 Å². The average molecular weight is 1320 g/mol. The molecule has 0 spiro atoms. The Hall–Kier alpha value is -14.1. The van der Waals surface area contributed by atoms with Crippen LogP contribution in [0, 0.1) is 0 Å². The molecule has 0 saturated carbocycles. The van der Waals surface area contributed by atoms with Crippen LogP contribution in [0.3, 0.4) is 0 Å². The summed E-state index contributed by atoms with van der Waals surface area (Å²) in [6.45, 7) is 0. The van der Waals surface area contributed by atoms with E-state index >= 15 is 0 Å². The lowest BCUT2D eigenvalue weighted by Gasteiger charge is -2.12. The van der Waals surface area contributed by atoms with Crippen molar-refractivity contribution in [3.63, 3.8) is 0 Å². The summed E-state index contributed by atoms with van der Waals surface area (Å²) in [5.41, 5.74) is 26.6. The number of hydrogen-bond donors (Lipinski definition) is 1. The molecule has 0 fully saturated rings. The van der Waals surface area contributed by atoms with Crippen molar-refractivity contribution in [1.82, 2.24) is 37.0 Å². The Morgan fingerprint density at radius 1 is 0.125 bits per heavy atom. The van der Waals surface area contributed by atoms with Gasteiger partial charge in [-0.05, 0) is 182 Å². The SMILES string of the molecule is c1ccc2c(c1)[nH]c1ccc(-n3c4ccccc4c4cc(-n5c6ccccc6c6cc(-n7c8ccccc8c8cc(-n9c%10ccccc%10c%10cc(-n%11c%12ccccc%12c%12cc(-n%13c%14ccccc%14c%14cc(-n%15c%16ccccc%16c%16ccccc%16%15)ccc%14%13)ccc%12%11)ccc%109)ccc87)ccc65)ccc43)cc12. The number of benzene rings is 16. The Bertz CT molecular complexity index is 7830. The first kappa shape index (κ1) is 55.8. The van der Waals surface area contributed by atoms with E-state index in [1.165, 1.54) is 136 Å². The van der Waals surface area contributed by atoms with Crippen LogP contribution in [0.2, 0.25) is 0 Å². The lowest BCUT2D eigenvalue weighted by Crippen LogP contribution is -1.97. The van der Waals surface area contributed by atoms with E-state index in [-0.39, 0.29) is 0 Å². The number of aromatic amines is 1. The zero-order valence-corrected chi connectivity index (χ0v) is 56.0. The molecule has 0 bridgehead atoms. The molecule has 0 radical (unpaired) electrons. The lowest BCUT2D eigenvalue weighted by molar-refractivity contribution is 1.15. The van der Waals surface area contributed by atoms with E-state index < -0.39 is 0 Å². The van der Waals surface area contributed by atoms with Gasteiger partial charge in [-0.25, -0.2) is 0 Å². The van der Waals surface area contributed by atoms with Gasteiger partial charge in [-0.1, -0.05) is 164 Å². The summed E-state index contributed by atoms with van der Waals surface area (Å²) in [6.07, 6.45) is 0. The smallest absolute Gasteiger partial charge is 0.0542 e. The van der Waals surface area contributed by atoms with Crippen LogP contribution in [0.1, 0.15) is 0 Å². The van der Waals surface area contributed by atoms with E-state index in [0.29, 0.717) is 0 Å². The number of hydrogen-bond acceptors (Lipinski definition) is 0. The predicted octanol–water partition coefficient (Wildman–Crippen LogP) is 25.0. The molecule has 0 amide bonds. The second-order valence-electron chi connectivity index (χ2n) is 28.1. The van der Waals surface area contributed by atoms with E-state index in [1.54, 1.807) is 0 Å². The fourth-order valence-electron chi connectivity index (χ4n) is 18.4. The van der Waals surface area contributed by atoms with Gasteiger partial charge in [0.2, 0.25) is 0 Å². The minimum Gasteiger partial charge on any atom is -0.355 e. The first-order valence-corrected chi connectivity index (χ1v) is 35.8. The molecule has 104 heavy (non-hydrogen) atoms. The number of para-hydroxylation sites is 9. The highest BCUT2D eigenvalue weighted by Crippen LogP contribution is 2.45. The van der Waals surface area contributed by atoms with Crippen LogP contribution in [0.25, 0.3) is 214 Å².